The molecule has 1 aliphatic rings. The summed E-state index contributed by atoms with van der Waals surface area (Å²) in [4.78, 5) is 78.6. The summed E-state index contributed by atoms with van der Waals surface area (Å²) in [5, 5.41) is 17.4. The van der Waals surface area contributed by atoms with Crippen LogP contribution in [0.1, 0.15) is 151 Å². The molecule has 2 rings (SSSR count). The molecule has 4 amide bonds. The fraction of sp³-hybridized carbons (Fsp3) is 0.733. The van der Waals surface area contributed by atoms with E-state index in [0.717, 1.165) is 25.4 Å². The van der Waals surface area contributed by atoms with Crippen LogP contribution in [0.3, 0.4) is 0 Å². The van der Waals surface area contributed by atoms with Crippen molar-refractivity contribution in [3.8, 4) is 0 Å². The van der Waals surface area contributed by atoms with Gasteiger partial charge in [-0.05, 0) is 78.8 Å². The second kappa shape index (κ2) is 31.8. The zero-order chi connectivity index (χ0) is 47.5. The van der Waals surface area contributed by atoms with E-state index in [4.69, 9.17) is 5.11 Å². The van der Waals surface area contributed by atoms with Gasteiger partial charge < -0.3 is 31.3 Å². The summed E-state index contributed by atoms with van der Waals surface area (Å²) >= 11 is 0. The smallest absolute Gasteiger partial charge is 0.243 e. The topological polar surface area (TPSA) is 174 Å². The number of unbranched alkanes of at least 4 members (excludes halogenated alkanes) is 1. The average molecular weight is 892 g/mol. The average Bonchev–Trinajstić information content (AvgIpc) is 3.21. The molecular weight excluding hydrogens is 818 g/mol. The third-order valence-electron chi connectivity index (χ3n) is 10.3. The van der Waals surface area contributed by atoms with Crippen LogP contribution in [-0.2, 0) is 35.2 Å². The Morgan fingerprint density at radius 1 is 0.677 bits per heavy atom. The van der Waals surface area contributed by atoms with Gasteiger partial charge in [0.1, 0.15) is 6.04 Å². The Balaban J connectivity index is 0.00000327. The number of hydrogen-bond acceptors (Lipinski definition) is 8. The Morgan fingerprint density at radius 3 is 1.68 bits per heavy atom. The van der Waals surface area contributed by atoms with Gasteiger partial charge in [-0.2, -0.15) is 0 Å². The molecule has 356 valence electrons. The highest BCUT2D eigenvalue weighted by Gasteiger charge is 2.32. The third kappa shape index (κ3) is 22.9. The zero-order valence-electron chi connectivity index (χ0n) is 38.4. The Hall–Kier alpha value is -3.99. The number of hydrogen-bond donors (Lipinski definition) is 5. The van der Waals surface area contributed by atoms with Crippen molar-refractivity contribution in [1.29, 1.82) is 0 Å². The van der Waals surface area contributed by atoms with Gasteiger partial charge in [0.15, 0.2) is 34.8 Å². The first kappa shape index (κ1) is 58.0. The number of nitrogens with one attached hydrogen (secondary N) is 4. The van der Waals surface area contributed by atoms with Crippen molar-refractivity contribution in [1.82, 2.24) is 26.2 Å². The molecule has 0 saturated heterocycles. The van der Waals surface area contributed by atoms with Crippen molar-refractivity contribution >= 4 is 35.2 Å². The second-order valence-electron chi connectivity index (χ2n) is 16.5. The monoisotopic (exact) mass is 892 g/mol. The number of carbonyl (C=O) groups excluding carboxylic acids is 6. The maximum atomic E-state index is 14.5. The largest absolute Gasteiger partial charge is 0.397 e. The minimum atomic E-state index is -2.38. The van der Waals surface area contributed by atoms with Gasteiger partial charge in [0.2, 0.25) is 29.4 Å². The number of nitrogens with zero attached hydrogens (tertiary/aromatic N) is 1. The highest BCUT2D eigenvalue weighted by molar-refractivity contribution is 5.95. The standard InChI is InChI=1S/C36H54F5N5O6.C7H14.C2H6O/c1-8-42-28(49)15-14-27(48)24(12-10-11-17-46(9-2)21(5)6)44-29(50)16-13-26(47)22(7)43-36(52)25(45-30(51)18-20(3)4)19-23-31(37)33(39)35(41)34(40)32(23)38;1-7-5-3-2-4-6-7;1-2-3/h20-22,24-25H,8-19H2,1-7H3,(H,42,49)(H,43,52)(H,44,50)(H,45,51);7H,2-6H2,1H3;3H,2H2,1H3/t22-,24-,25-;;/m0../s1. The van der Waals surface area contributed by atoms with Crippen molar-refractivity contribution in [2.75, 3.05) is 26.2 Å². The molecule has 17 heteroatoms. The van der Waals surface area contributed by atoms with Gasteiger partial charge in [-0.3, -0.25) is 28.8 Å². The molecule has 0 bridgehead atoms. The summed E-state index contributed by atoms with van der Waals surface area (Å²) in [5.74, 6) is -14.1. The van der Waals surface area contributed by atoms with Crippen molar-refractivity contribution < 1.29 is 55.8 Å². The number of rotatable bonds is 24. The van der Waals surface area contributed by atoms with Crippen LogP contribution in [-0.4, -0.2) is 95.6 Å². The molecule has 1 aliphatic carbocycles. The Morgan fingerprint density at radius 2 is 1.19 bits per heavy atom. The van der Waals surface area contributed by atoms with E-state index in [1.807, 2.05) is 6.92 Å². The van der Waals surface area contributed by atoms with Crippen molar-refractivity contribution in [3.63, 3.8) is 0 Å². The lowest BCUT2D eigenvalue weighted by Crippen LogP contribution is -2.52. The van der Waals surface area contributed by atoms with E-state index in [2.05, 4.69) is 46.9 Å². The lowest BCUT2D eigenvalue weighted by Gasteiger charge is -2.25. The van der Waals surface area contributed by atoms with Crippen LogP contribution in [0.5, 0.6) is 0 Å². The number of carbonyl (C=O) groups is 6. The number of aliphatic hydroxyl groups excluding tert-OH is 1. The van der Waals surface area contributed by atoms with Crippen LogP contribution in [0, 0.1) is 40.9 Å². The first-order valence-corrected chi connectivity index (χ1v) is 22.2. The van der Waals surface area contributed by atoms with Crippen LogP contribution >= 0.6 is 0 Å². The summed E-state index contributed by atoms with van der Waals surface area (Å²) in [5.41, 5.74) is -1.32. The Labute approximate surface area is 365 Å². The summed E-state index contributed by atoms with van der Waals surface area (Å²) < 4.78 is 70.2. The van der Waals surface area contributed by atoms with E-state index < -0.39 is 89.1 Å². The normalized spacial score (nSPS) is 14.2. The van der Waals surface area contributed by atoms with E-state index in [1.165, 1.54) is 39.0 Å². The van der Waals surface area contributed by atoms with Crippen molar-refractivity contribution in [2.24, 2.45) is 11.8 Å². The van der Waals surface area contributed by atoms with Crippen molar-refractivity contribution in [2.45, 2.75) is 176 Å². The maximum absolute atomic E-state index is 14.5. The Kier molecular flexibility index (Phi) is 29.7. The molecule has 0 aromatic heterocycles. The van der Waals surface area contributed by atoms with E-state index in [9.17, 15) is 50.7 Å². The molecule has 1 aromatic rings. The van der Waals surface area contributed by atoms with Gasteiger partial charge in [-0.15, -0.1) is 0 Å². The minimum absolute atomic E-state index is 0.0467. The van der Waals surface area contributed by atoms with E-state index in [0.29, 0.717) is 25.4 Å². The SMILES string of the molecule is CC1CCCCC1.CCNC(=O)CCC(=O)[C@H](CCCCN(CC)C(C)C)NC(=O)CCC(=O)[C@H](C)NC(=O)[C@H](Cc1c(F)c(F)c(F)c(F)c1F)NC(=O)CC(C)C.CCO. The summed E-state index contributed by atoms with van der Waals surface area (Å²) in [6.07, 6.45) is 6.99. The van der Waals surface area contributed by atoms with Gasteiger partial charge in [0, 0.05) is 63.3 Å². The lowest BCUT2D eigenvalue weighted by molar-refractivity contribution is -0.132. The molecule has 0 unspecified atom stereocenters. The summed E-state index contributed by atoms with van der Waals surface area (Å²) in [7, 11) is 0. The molecule has 62 heavy (non-hydrogen) atoms. The molecule has 0 heterocycles. The molecule has 0 radical (unpaired) electrons. The fourth-order valence-electron chi connectivity index (χ4n) is 6.74. The van der Waals surface area contributed by atoms with Gasteiger partial charge in [-0.25, -0.2) is 22.0 Å². The van der Waals surface area contributed by atoms with Crippen LogP contribution in [0.15, 0.2) is 0 Å². The van der Waals surface area contributed by atoms with Crippen LogP contribution in [0.25, 0.3) is 0 Å². The van der Waals surface area contributed by atoms with Crippen LogP contribution in [0.4, 0.5) is 22.0 Å². The predicted octanol–water partition coefficient (Wildman–Crippen LogP) is 6.77. The fourth-order valence-corrected chi connectivity index (χ4v) is 6.74. The molecular formula is C45H74F5N5O7. The highest BCUT2D eigenvalue weighted by Crippen LogP contribution is 2.25. The molecule has 1 fully saturated rings. The maximum Gasteiger partial charge on any atom is 0.243 e. The Bertz CT molecular complexity index is 1530. The summed E-state index contributed by atoms with van der Waals surface area (Å²) in [6.45, 7) is 18.9. The van der Waals surface area contributed by atoms with Gasteiger partial charge in [0.25, 0.3) is 0 Å². The molecule has 0 spiro atoms. The number of benzene rings is 1. The molecule has 1 aromatic carbocycles. The number of aliphatic hydroxyl groups is 1. The molecule has 12 nitrogen and oxygen atoms in total. The first-order chi connectivity index (χ1) is 29.1. The highest BCUT2D eigenvalue weighted by atomic mass is 19.2. The second-order valence-corrected chi connectivity index (χ2v) is 16.5. The predicted molar refractivity (Wildman–Crippen MR) is 229 cm³/mol. The van der Waals surface area contributed by atoms with Gasteiger partial charge in [0.05, 0.1) is 12.1 Å². The van der Waals surface area contributed by atoms with E-state index >= 15 is 0 Å². The summed E-state index contributed by atoms with van der Waals surface area (Å²) in [6, 6.07) is -3.67. The number of halogens is 5. The number of Topliss-reactive ketones (excluding diaryl/α,β-unsaturated/α-hetero) is 2. The van der Waals surface area contributed by atoms with E-state index in [1.54, 1.807) is 27.7 Å². The zero-order valence-corrected chi connectivity index (χ0v) is 38.4. The molecule has 5 N–H and O–H groups in total. The quantitative estimate of drug-likeness (QED) is 0.0328. The van der Waals surface area contributed by atoms with Gasteiger partial charge in [-0.1, -0.05) is 59.8 Å². The molecule has 1 saturated carbocycles. The van der Waals surface area contributed by atoms with Gasteiger partial charge >= 0.3 is 0 Å². The molecule has 0 aliphatic heterocycles. The van der Waals surface area contributed by atoms with Crippen LogP contribution in [0.2, 0.25) is 0 Å². The lowest BCUT2D eigenvalue weighted by atomic mass is 9.91. The number of ketones is 2. The third-order valence-corrected chi connectivity index (χ3v) is 10.3. The van der Waals surface area contributed by atoms with Crippen molar-refractivity contribution in [3.05, 3.63) is 34.6 Å². The van der Waals surface area contributed by atoms with Crippen LogP contribution < -0.4 is 21.3 Å². The van der Waals surface area contributed by atoms with E-state index in [-0.39, 0.29) is 49.9 Å². The minimum Gasteiger partial charge on any atom is -0.397 e. The number of amides is 4. The first-order valence-electron chi connectivity index (χ1n) is 22.2. The molecule has 3 atom stereocenters.